The van der Waals surface area contributed by atoms with Gasteiger partial charge in [0.25, 0.3) is 11.5 Å². The molecule has 1 atom stereocenters. The van der Waals surface area contributed by atoms with Crippen molar-refractivity contribution in [2.45, 2.75) is 39.3 Å². The van der Waals surface area contributed by atoms with E-state index in [4.69, 9.17) is 4.74 Å². The molecule has 2 aliphatic heterocycles. The molecule has 0 radical (unpaired) electrons. The minimum absolute atomic E-state index is 0.0477. The molecule has 0 saturated carbocycles. The number of hydrogen-bond acceptors (Lipinski definition) is 7. The lowest BCUT2D eigenvalue weighted by Crippen LogP contribution is -2.51. The maximum Gasteiger partial charge on any atom is 0.259 e. The van der Waals surface area contributed by atoms with E-state index in [1.54, 1.807) is 6.92 Å². The monoisotopic (exact) mass is 404 g/mol. The van der Waals surface area contributed by atoms with Gasteiger partial charge in [-0.2, -0.15) is 0 Å². The standard InChI is InChI=1S/C19H24N4O4S/c1-11-15-17(25)20-14(21-18(15)28-16(11)12(2)24)10-22-5-7-23(8-6-22)19(26)13-4-3-9-27-13/h13H,3-10H2,1-2H3,(H,20,21,25)/t13-/m1/s1. The highest BCUT2D eigenvalue weighted by molar-refractivity contribution is 7.20. The summed E-state index contributed by atoms with van der Waals surface area (Å²) in [5.41, 5.74) is 0.502. The molecule has 1 N–H and O–H groups in total. The summed E-state index contributed by atoms with van der Waals surface area (Å²) in [6, 6.07) is 0. The third kappa shape index (κ3) is 3.61. The van der Waals surface area contributed by atoms with Crippen LogP contribution in [0.1, 0.15) is 40.8 Å². The van der Waals surface area contributed by atoms with Gasteiger partial charge < -0.3 is 14.6 Å². The highest BCUT2D eigenvalue weighted by Gasteiger charge is 2.30. The summed E-state index contributed by atoms with van der Waals surface area (Å²) in [6.45, 7) is 7.23. The van der Waals surface area contributed by atoms with Gasteiger partial charge in [0.2, 0.25) is 0 Å². The van der Waals surface area contributed by atoms with Crippen molar-refractivity contribution in [3.63, 3.8) is 0 Å². The molecule has 2 aliphatic rings. The van der Waals surface area contributed by atoms with Gasteiger partial charge in [0, 0.05) is 32.8 Å². The van der Waals surface area contributed by atoms with E-state index in [9.17, 15) is 14.4 Å². The Morgan fingerprint density at radius 1 is 1.29 bits per heavy atom. The number of carbonyl (C=O) groups is 2. The first-order chi connectivity index (χ1) is 13.4. The van der Waals surface area contributed by atoms with Crippen LogP contribution in [-0.2, 0) is 16.1 Å². The van der Waals surface area contributed by atoms with Gasteiger partial charge in [-0.25, -0.2) is 4.98 Å². The van der Waals surface area contributed by atoms with Crippen molar-refractivity contribution >= 4 is 33.2 Å². The van der Waals surface area contributed by atoms with Gasteiger partial charge >= 0.3 is 0 Å². The molecule has 28 heavy (non-hydrogen) atoms. The number of Topliss-reactive ketones (excluding diaryl/α,β-unsaturated/α-hetero) is 1. The predicted molar refractivity (Wildman–Crippen MR) is 106 cm³/mol. The number of thiophene rings is 1. The van der Waals surface area contributed by atoms with Crippen LogP contribution < -0.4 is 5.56 Å². The fourth-order valence-electron chi connectivity index (χ4n) is 3.91. The van der Waals surface area contributed by atoms with E-state index < -0.39 is 0 Å². The second kappa shape index (κ2) is 7.73. The van der Waals surface area contributed by atoms with Crippen LogP contribution in [-0.4, -0.2) is 70.3 Å². The summed E-state index contributed by atoms with van der Waals surface area (Å²) >= 11 is 1.27. The zero-order chi connectivity index (χ0) is 19.8. The number of rotatable bonds is 4. The molecular formula is C19H24N4O4S. The Balaban J connectivity index is 1.44. The minimum atomic E-state index is -0.274. The zero-order valence-electron chi connectivity index (χ0n) is 16.1. The minimum Gasteiger partial charge on any atom is -0.368 e. The Morgan fingerprint density at radius 2 is 2.04 bits per heavy atom. The number of aryl methyl sites for hydroxylation is 1. The Labute approximate surface area is 166 Å². The van der Waals surface area contributed by atoms with E-state index in [1.165, 1.54) is 18.3 Å². The largest absolute Gasteiger partial charge is 0.368 e. The second-order valence-corrected chi connectivity index (χ2v) is 8.41. The van der Waals surface area contributed by atoms with Crippen LogP contribution >= 0.6 is 11.3 Å². The molecule has 4 rings (SSSR count). The first kappa shape index (κ1) is 19.2. The summed E-state index contributed by atoms with van der Waals surface area (Å²) in [5, 5.41) is 0.505. The molecular weight excluding hydrogens is 380 g/mol. The number of piperazine rings is 1. The van der Waals surface area contributed by atoms with Crippen molar-refractivity contribution in [2.24, 2.45) is 0 Å². The van der Waals surface area contributed by atoms with E-state index in [2.05, 4.69) is 14.9 Å². The van der Waals surface area contributed by atoms with Crippen molar-refractivity contribution in [1.29, 1.82) is 0 Å². The fourth-order valence-corrected chi connectivity index (χ4v) is 5.01. The first-order valence-corrected chi connectivity index (χ1v) is 10.4. The number of aromatic amines is 1. The molecule has 2 saturated heterocycles. The molecule has 8 nitrogen and oxygen atoms in total. The number of hydrogen-bond donors (Lipinski definition) is 1. The Bertz CT molecular complexity index is 968. The molecule has 0 bridgehead atoms. The number of ketones is 1. The highest BCUT2D eigenvalue weighted by Crippen LogP contribution is 2.27. The maximum absolute atomic E-state index is 12.5. The van der Waals surface area contributed by atoms with Crippen LogP contribution in [0.15, 0.2) is 4.79 Å². The van der Waals surface area contributed by atoms with Gasteiger partial charge in [0.05, 0.1) is 16.8 Å². The molecule has 150 valence electrons. The number of aromatic nitrogens is 2. The van der Waals surface area contributed by atoms with Crippen molar-refractivity contribution < 1.29 is 14.3 Å². The van der Waals surface area contributed by atoms with Gasteiger partial charge in [0.15, 0.2) is 5.78 Å². The molecule has 2 aromatic heterocycles. The first-order valence-electron chi connectivity index (χ1n) is 9.60. The van der Waals surface area contributed by atoms with Gasteiger partial charge in [-0.3, -0.25) is 19.3 Å². The Morgan fingerprint density at radius 3 is 2.68 bits per heavy atom. The molecule has 0 aliphatic carbocycles. The molecule has 2 fully saturated rings. The summed E-state index contributed by atoms with van der Waals surface area (Å²) in [6.07, 6.45) is 1.49. The molecule has 0 spiro atoms. The fraction of sp³-hybridized carbons (Fsp3) is 0.579. The number of fused-ring (bicyclic) bond motifs is 1. The van der Waals surface area contributed by atoms with Crippen LogP contribution in [0.5, 0.6) is 0 Å². The van der Waals surface area contributed by atoms with Gasteiger partial charge in [-0.15, -0.1) is 11.3 Å². The molecule has 2 aromatic rings. The van der Waals surface area contributed by atoms with Crippen molar-refractivity contribution in [3.05, 3.63) is 26.6 Å². The second-order valence-electron chi connectivity index (χ2n) is 7.41. The molecule has 1 amide bonds. The third-order valence-corrected chi connectivity index (χ3v) is 6.72. The Kier molecular flexibility index (Phi) is 5.31. The van der Waals surface area contributed by atoms with E-state index in [-0.39, 0.29) is 23.4 Å². The molecule has 9 heteroatoms. The van der Waals surface area contributed by atoms with E-state index >= 15 is 0 Å². The molecule has 0 aromatic carbocycles. The lowest BCUT2D eigenvalue weighted by molar-refractivity contribution is -0.142. The lowest BCUT2D eigenvalue weighted by atomic mass is 10.2. The van der Waals surface area contributed by atoms with Gasteiger partial charge in [-0.05, 0) is 32.3 Å². The van der Waals surface area contributed by atoms with E-state index in [1.807, 2.05) is 4.90 Å². The predicted octanol–water partition coefficient (Wildman–Crippen LogP) is 1.32. The summed E-state index contributed by atoms with van der Waals surface area (Å²) in [5.74, 6) is 0.636. The average Bonchev–Trinajstić information content (AvgIpc) is 3.30. The number of amides is 1. The molecule has 4 heterocycles. The Hall–Kier alpha value is -2.10. The summed E-state index contributed by atoms with van der Waals surface area (Å²) in [4.78, 5) is 49.4. The van der Waals surface area contributed by atoms with Crippen LogP contribution in [0.4, 0.5) is 0 Å². The third-order valence-electron chi connectivity index (χ3n) is 5.43. The average molecular weight is 404 g/mol. The van der Waals surface area contributed by atoms with Crippen molar-refractivity contribution in [1.82, 2.24) is 19.8 Å². The SMILES string of the molecule is CC(=O)c1sc2nc(CN3CCN(C(=O)[C@H]4CCCO4)CC3)[nH]c(=O)c2c1C. The van der Waals surface area contributed by atoms with Crippen molar-refractivity contribution in [3.8, 4) is 0 Å². The number of H-pyrrole nitrogens is 1. The highest BCUT2D eigenvalue weighted by atomic mass is 32.1. The number of nitrogens with zero attached hydrogens (tertiary/aromatic N) is 3. The lowest BCUT2D eigenvalue weighted by Gasteiger charge is -2.35. The molecule has 0 unspecified atom stereocenters. The number of nitrogens with one attached hydrogen (secondary N) is 1. The zero-order valence-corrected chi connectivity index (χ0v) is 16.9. The normalized spacial score (nSPS) is 20.8. The van der Waals surface area contributed by atoms with Gasteiger partial charge in [0.1, 0.15) is 16.8 Å². The number of carbonyl (C=O) groups excluding carboxylic acids is 2. The quantitative estimate of drug-likeness (QED) is 0.772. The van der Waals surface area contributed by atoms with Crippen LogP contribution in [0.3, 0.4) is 0 Å². The summed E-state index contributed by atoms with van der Waals surface area (Å²) < 4.78 is 5.50. The van der Waals surface area contributed by atoms with E-state index in [0.717, 1.165) is 25.9 Å². The van der Waals surface area contributed by atoms with Crippen LogP contribution in [0.25, 0.3) is 10.2 Å². The topological polar surface area (TPSA) is 95.6 Å². The smallest absolute Gasteiger partial charge is 0.259 e. The maximum atomic E-state index is 12.5. The van der Waals surface area contributed by atoms with Crippen molar-refractivity contribution in [2.75, 3.05) is 32.8 Å². The van der Waals surface area contributed by atoms with E-state index in [0.29, 0.717) is 52.7 Å². The van der Waals surface area contributed by atoms with Crippen LogP contribution in [0.2, 0.25) is 0 Å². The van der Waals surface area contributed by atoms with Crippen LogP contribution in [0, 0.1) is 6.92 Å². The van der Waals surface area contributed by atoms with Gasteiger partial charge in [-0.1, -0.05) is 0 Å². The summed E-state index contributed by atoms with van der Waals surface area (Å²) in [7, 11) is 0. The number of ether oxygens (including phenoxy) is 1.